The summed E-state index contributed by atoms with van der Waals surface area (Å²) in [5.41, 5.74) is 0. The van der Waals surface area contributed by atoms with Gasteiger partial charge in [-0.05, 0) is 0 Å². The molecule has 0 aliphatic rings. The van der Waals surface area contributed by atoms with Crippen LogP contribution in [-0.4, -0.2) is 66.5 Å². The van der Waals surface area contributed by atoms with Crippen LogP contribution in [0.4, 0.5) is 0 Å². The third-order valence-corrected chi connectivity index (χ3v) is 3.89. The molecule has 0 atom stereocenters. The Labute approximate surface area is 77.4 Å². The number of hydrogen-bond acceptors (Lipinski definition) is 2. The monoisotopic (exact) mass is 218 g/mol. The summed E-state index contributed by atoms with van der Waals surface area (Å²) in [6, 6.07) is 0. The molecule has 0 aromatic carbocycles. The van der Waals surface area contributed by atoms with Gasteiger partial charge in [0.15, 0.2) is 0 Å². The maximum absolute atomic E-state index is 2.28. The van der Waals surface area contributed by atoms with Crippen molar-refractivity contribution in [3.63, 3.8) is 0 Å². The number of hydrogen-bond donors (Lipinski definition) is 0. The molecule has 11 heavy (non-hydrogen) atoms. The molecule has 0 amide bonds. The summed E-state index contributed by atoms with van der Waals surface area (Å²) in [5.74, 6) is 0. The Morgan fingerprint density at radius 1 is 0.818 bits per heavy atom. The van der Waals surface area contributed by atoms with E-state index in [1.165, 1.54) is 23.6 Å². The van der Waals surface area contributed by atoms with Crippen LogP contribution in [0.5, 0.6) is 0 Å². The van der Waals surface area contributed by atoms with Crippen molar-refractivity contribution < 1.29 is 0 Å². The fourth-order valence-corrected chi connectivity index (χ4v) is 3.79. The van der Waals surface area contributed by atoms with Crippen molar-refractivity contribution in [2.45, 2.75) is 10.5 Å². The summed E-state index contributed by atoms with van der Waals surface area (Å²) in [5, 5.41) is 2.92. The molecule has 0 aliphatic carbocycles. The quantitative estimate of drug-likeness (QED) is 0.476. The molecule has 2 nitrogen and oxygen atoms in total. The van der Waals surface area contributed by atoms with Gasteiger partial charge >= 0.3 is 77.0 Å². The van der Waals surface area contributed by atoms with E-state index < -0.39 is 0 Å². The normalized spacial score (nSPS) is 11.5. The van der Waals surface area contributed by atoms with Gasteiger partial charge in [-0.2, -0.15) is 0 Å². The first-order valence-electron chi connectivity index (χ1n) is 4.13. The van der Waals surface area contributed by atoms with Crippen LogP contribution in [0.3, 0.4) is 0 Å². The molecular weight excluding hydrogens is 197 g/mol. The Morgan fingerprint density at radius 2 is 1.18 bits per heavy atom. The molecule has 0 saturated heterocycles. The molecule has 0 N–H and O–H groups in total. The van der Waals surface area contributed by atoms with E-state index in [0.717, 1.165) is 0 Å². The van der Waals surface area contributed by atoms with Gasteiger partial charge in [0.05, 0.1) is 0 Å². The Morgan fingerprint density at radius 3 is 1.45 bits per heavy atom. The summed E-state index contributed by atoms with van der Waals surface area (Å²) in [4.78, 5) is 4.55. The second-order valence-corrected chi connectivity index (χ2v) is 6.50. The zero-order valence-corrected chi connectivity index (χ0v) is 10.3. The topological polar surface area (TPSA) is 6.48 Å². The molecule has 3 heteroatoms. The summed E-state index contributed by atoms with van der Waals surface area (Å²) >= 11 is 0.354. The van der Waals surface area contributed by atoms with Gasteiger partial charge in [0, 0.05) is 0 Å². The van der Waals surface area contributed by atoms with Crippen LogP contribution in [0.15, 0.2) is 0 Å². The molecule has 0 unspecified atom stereocenters. The van der Waals surface area contributed by atoms with Gasteiger partial charge in [-0.15, -0.1) is 0 Å². The third kappa shape index (κ3) is 10.5. The van der Waals surface area contributed by atoms with Gasteiger partial charge in [-0.25, -0.2) is 0 Å². The van der Waals surface area contributed by atoms with Gasteiger partial charge in [0.25, 0.3) is 0 Å². The summed E-state index contributed by atoms with van der Waals surface area (Å²) in [6.07, 6.45) is 0. The zero-order chi connectivity index (χ0) is 8.69. The molecule has 0 aromatic rings. The van der Waals surface area contributed by atoms with Crippen molar-refractivity contribution in [2.24, 2.45) is 0 Å². The molecule has 0 aromatic heterocycles. The fraction of sp³-hybridized carbons (Fsp3) is 1.00. The van der Waals surface area contributed by atoms with Crippen molar-refractivity contribution in [3.8, 4) is 0 Å². The molecule has 0 spiro atoms. The van der Waals surface area contributed by atoms with Crippen LogP contribution < -0.4 is 0 Å². The van der Waals surface area contributed by atoms with Crippen LogP contribution >= 0.6 is 0 Å². The fourth-order valence-electron chi connectivity index (χ4n) is 0.730. The van der Waals surface area contributed by atoms with Crippen molar-refractivity contribution in [3.05, 3.63) is 0 Å². The van der Waals surface area contributed by atoms with Crippen molar-refractivity contribution >= 4 is 15.4 Å². The summed E-state index contributed by atoms with van der Waals surface area (Å²) in [6.45, 7) is 2.57. The van der Waals surface area contributed by atoms with Gasteiger partial charge in [-0.3, -0.25) is 0 Å². The minimum atomic E-state index is 0.354. The first-order valence-corrected chi connectivity index (χ1v) is 7.10. The average Bonchev–Trinajstić information content (AvgIpc) is 1.85. The van der Waals surface area contributed by atoms with Crippen LogP contribution in [0, 0.1) is 0 Å². The Hall–Kier alpha value is 0.463. The second kappa shape index (κ2) is 7.13. The molecule has 66 valence electrons. The first-order chi connectivity index (χ1) is 5.13. The van der Waals surface area contributed by atoms with E-state index in [4.69, 9.17) is 0 Å². The molecule has 0 heterocycles. The molecule has 2 radical (unpaired) electrons. The van der Waals surface area contributed by atoms with Crippen molar-refractivity contribution in [1.82, 2.24) is 9.80 Å². The Balaban J connectivity index is 2.91. The van der Waals surface area contributed by atoms with Crippen LogP contribution in [-0.2, 0) is 0 Å². The molecule has 0 aliphatic heterocycles. The standard InChI is InChI=1S/C8H20GeN2/c1-10(2)7-5-9-6-8-11(3)4/h5-8H2,1-4H3. The first kappa shape index (κ1) is 11.5. The van der Waals surface area contributed by atoms with E-state index in [1.54, 1.807) is 0 Å². The molecule has 0 bridgehead atoms. The van der Waals surface area contributed by atoms with Crippen molar-refractivity contribution in [1.29, 1.82) is 0 Å². The number of nitrogens with zero attached hydrogens (tertiary/aromatic N) is 2. The van der Waals surface area contributed by atoms with Gasteiger partial charge in [0.2, 0.25) is 0 Å². The average molecular weight is 217 g/mol. The molecule has 0 fully saturated rings. The minimum absolute atomic E-state index is 0.354. The maximum atomic E-state index is 2.28. The molecular formula is C8H20GeN2. The van der Waals surface area contributed by atoms with Gasteiger partial charge in [-0.1, -0.05) is 0 Å². The van der Waals surface area contributed by atoms with E-state index in [2.05, 4.69) is 38.0 Å². The predicted octanol–water partition coefficient (Wildman–Crippen LogP) is 0.650. The number of rotatable bonds is 6. The van der Waals surface area contributed by atoms with Crippen LogP contribution in [0.1, 0.15) is 0 Å². The molecule has 0 saturated carbocycles. The van der Waals surface area contributed by atoms with E-state index >= 15 is 0 Å². The van der Waals surface area contributed by atoms with E-state index in [9.17, 15) is 0 Å². The zero-order valence-electron chi connectivity index (χ0n) is 8.22. The SMILES string of the molecule is CN(C)C[CH2][Ge][CH2]CN(C)C. The van der Waals surface area contributed by atoms with Crippen molar-refractivity contribution in [2.75, 3.05) is 41.3 Å². The molecule has 0 rings (SSSR count). The third-order valence-electron chi connectivity index (χ3n) is 1.47. The van der Waals surface area contributed by atoms with Crippen LogP contribution in [0.25, 0.3) is 0 Å². The Kier molecular flexibility index (Phi) is 7.43. The van der Waals surface area contributed by atoms with Gasteiger partial charge < -0.3 is 0 Å². The van der Waals surface area contributed by atoms with E-state index in [1.807, 2.05) is 0 Å². The van der Waals surface area contributed by atoms with E-state index in [-0.39, 0.29) is 0 Å². The second-order valence-electron chi connectivity index (χ2n) is 3.36. The van der Waals surface area contributed by atoms with E-state index in [0.29, 0.717) is 15.4 Å². The Bertz CT molecular complexity index is 74.2. The van der Waals surface area contributed by atoms with Crippen LogP contribution in [0.2, 0.25) is 10.5 Å². The summed E-state index contributed by atoms with van der Waals surface area (Å²) in [7, 11) is 8.60. The van der Waals surface area contributed by atoms with Gasteiger partial charge in [0.1, 0.15) is 0 Å². The summed E-state index contributed by atoms with van der Waals surface area (Å²) < 4.78 is 0. The predicted molar refractivity (Wildman–Crippen MR) is 52.5 cm³/mol.